The molecule has 0 saturated carbocycles. The average Bonchev–Trinajstić information content (AvgIpc) is 2.33. The summed E-state index contributed by atoms with van der Waals surface area (Å²) < 4.78 is 0.979. The minimum atomic E-state index is -0.157. The molecule has 0 unspecified atom stereocenters. The van der Waals surface area contributed by atoms with Crippen molar-refractivity contribution in [1.82, 2.24) is 4.98 Å². The van der Waals surface area contributed by atoms with Crippen LogP contribution in [-0.4, -0.2) is 10.9 Å². The molecule has 16 heavy (non-hydrogen) atoms. The maximum Gasteiger partial charge on any atom is 0.257 e. The smallest absolute Gasteiger partial charge is 0.257 e. The number of amides is 1. The van der Waals surface area contributed by atoms with Crippen LogP contribution in [0.4, 0.5) is 5.69 Å². The first-order valence-corrected chi connectivity index (χ1v) is 5.52. The van der Waals surface area contributed by atoms with E-state index in [-0.39, 0.29) is 5.91 Å². The van der Waals surface area contributed by atoms with Gasteiger partial charge in [0.1, 0.15) is 0 Å². The molecule has 0 saturated heterocycles. The van der Waals surface area contributed by atoms with Crippen LogP contribution in [0.25, 0.3) is 0 Å². The number of carbonyl (C=O) groups is 1. The van der Waals surface area contributed by atoms with Gasteiger partial charge in [-0.2, -0.15) is 0 Å². The first kappa shape index (κ1) is 10.8. The van der Waals surface area contributed by atoms with Crippen LogP contribution in [0, 0.1) is 0 Å². The number of rotatable bonds is 2. The molecule has 0 fully saturated rings. The van der Waals surface area contributed by atoms with Crippen LogP contribution in [0.1, 0.15) is 10.4 Å². The summed E-state index contributed by atoms with van der Waals surface area (Å²) in [5.74, 6) is -0.157. The number of hydrogen-bond donors (Lipinski definition) is 1. The van der Waals surface area contributed by atoms with Gasteiger partial charge >= 0.3 is 0 Å². The molecule has 2 rings (SSSR count). The van der Waals surface area contributed by atoms with Crippen molar-refractivity contribution in [3.63, 3.8) is 0 Å². The van der Waals surface area contributed by atoms with E-state index in [9.17, 15) is 4.79 Å². The van der Waals surface area contributed by atoms with Crippen LogP contribution in [0.5, 0.6) is 0 Å². The third kappa shape index (κ3) is 2.67. The number of nitrogens with one attached hydrogen (secondary N) is 1. The molecule has 3 nitrogen and oxygen atoms in total. The quantitative estimate of drug-likeness (QED) is 0.916. The molecule has 0 bridgehead atoms. The minimum absolute atomic E-state index is 0.157. The zero-order chi connectivity index (χ0) is 11.4. The Hall–Kier alpha value is -1.68. The molecule has 2 aromatic rings. The summed E-state index contributed by atoms with van der Waals surface area (Å²) in [4.78, 5) is 15.6. The summed E-state index contributed by atoms with van der Waals surface area (Å²) in [6.45, 7) is 0. The fraction of sp³-hybridized carbons (Fsp3) is 0. The molecule has 4 heteroatoms. The van der Waals surface area contributed by atoms with E-state index in [0.29, 0.717) is 5.56 Å². The lowest BCUT2D eigenvalue weighted by Gasteiger charge is -2.04. The Balaban J connectivity index is 2.11. The van der Waals surface area contributed by atoms with Crippen molar-refractivity contribution >= 4 is 27.5 Å². The lowest BCUT2D eigenvalue weighted by Crippen LogP contribution is -2.11. The molecule has 0 atom stereocenters. The van der Waals surface area contributed by atoms with Gasteiger partial charge in [0.15, 0.2) is 0 Å². The van der Waals surface area contributed by atoms with Crippen LogP contribution in [0.2, 0.25) is 0 Å². The predicted octanol–water partition coefficient (Wildman–Crippen LogP) is 3.10. The molecule has 0 aliphatic rings. The van der Waals surface area contributed by atoms with Crippen LogP contribution in [0.3, 0.4) is 0 Å². The number of aromatic nitrogens is 1. The summed E-state index contributed by atoms with van der Waals surface area (Å²) in [6.07, 6.45) is 3.17. The molecule has 80 valence electrons. The van der Waals surface area contributed by atoms with E-state index in [1.165, 1.54) is 6.20 Å². The van der Waals surface area contributed by atoms with Crippen LogP contribution >= 0.6 is 15.9 Å². The highest BCUT2D eigenvalue weighted by molar-refractivity contribution is 9.10. The molecule has 1 heterocycles. The zero-order valence-electron chi connectivity index (χ0n) is 8.35. The van der Waals surface area contributed by atoms with Crippen molar-refractivity contribution < 1.29 is 4.79 Å². The Kier molecular flexibility index (Phi) is 3.31. The molecule has 0 radical (unpaired) electrons. The third-order valence-electron chi connectivity index (χ3n) is 2.03. The van der Waals surface area contributed by atoms with E-state index in [0.717, 1.165) is 10.2 Å². The first-order valence-electron chi connectivity index (χ1n) is 4.72. The van der Waals surface area contributed by atoms with E-state index in [1.54, 1.807) is 18.3 Å². The number of pyridine rings is 1. The summed E-state index contributed by atoms with van der Waals surface area (Å²) >= 11 is 3.33. The second kappa shape index (κ2) is 4.90. The highest BCUT2D eigenvalue weighted by Gasteiger charge is 2.04. The Bertz CT molecular complexity index is 482. The fourth-order valence-electron chi connectivity index (χ4n) is 1.23. The van der Waals surface area contributed by atoms with E-state index in [1.807, 2.05) is 24.3 Å². The second-order valence-corrected chi connectivity index (χ2v) is 4.12. The van der Waals surface area contributed by atoms with Gasteiger partial charge in [0.05, 0.1) is 5.56 Å². The Morgan fingerprint density at radius 3 is 2.56 bits per heavy atom. The topological polar surface area (TPSA) is 42.0 Å². The van der Waals surface area contributed by atoms with Gasteiger partial charge in [0, 0.05) is 22.6 Å². The fourth-order valence-corrected chi connectivity index (χ4v) is 1.50. The van der Waals surface area contributed by atoms with Gasteiger partial charge in [-0.05, 0) is 36.4 Å². The molecule has 1 aromatic carbocycles. The maximum absolute atomic E-state index is 11.7. The van der Waals surface area contributed by atoms with Crippen LogP contribution < -0.4 is 5.32 Å². The van der Waals surface area contributed by atoms with E-state index in [4.69, 9.17) is 0 Å². The van der Waals surface area contributed by atoms with Gasteiger partial charge in [-0.1, -0.05) is 15.9 Å². The minimum Gasteiger partial charge on any atom is -0.322 e. The highest BCUT2D eigenvalue weighted by Crippen LogP contribution is 2.14. The maximum atomic E-state index is 11.7. The lowest BCUT2D eigenvalue weighted by atomic mass is 10.2. The van der Waals surface area contributed by atoms with Gasteiger partial charge in [0.2, 0.25) is 0 Å². The highest BCUT2D eigenvalue weighted by atomic mass is 79.9. The van der Waals surface area contributed by atoms with E-state index in [2.05, 4.69) is 26.2 Å². The van der Waals surface area contributed by atoms with Gasteiger partial charge in [-0.25, -0.2) is 0 Å². The molecule has 1 aromatic heterocycles. The summed E-state index contributed by atoms with van der Waals surface area (Å²) in [5, 5.41) is 2.79. The van der Waals surface area contributed by atoms with Gasteiger partial charge in [0.25, 0.3) is 5.91 Å². The lowest BCUT2D eigenvalue weighted by molar-refractivity contribution is 0.102. The molecular formula is C12H9BrN2O. The molecular weight excluding hydrogens is 268 g/mol. The van der Waals surface area contributed by atoms with Crippen molar-refractivity contribution in [3.05, 3.63) is 58.8 Å². The van der Waals surface area contributed by atoms with Gasteiger partial charge in [-0.15, -0.1) is 0 Å². The van der Waals surface area contributed by atoms with Crippen molar-refractivity contribution in [1.29, 1.82) is 0 Å². The van der Waals surface area contributed by atoms with E-state index < -0.39 is 0 Å². The molecule has 0 aliphatic carbocycles. The van der Waals surface area contributed by atoms with Crippen molar-refractivity contribution in [2.24, 2.45) is 0 Å². The van der Waals surface area contributed by atoms with Gasteiger partial charge < -0.3 is 5.32 Å². The van der Waals surface area contributed by atoms with Crippen LogP contribution in [0.15, 0.2) is 53.3 Å². The third-order valence-corrected chi connectivity index (χ3v) is 2.55. The Morgan fingerprint density at radius 1 is 1.19 bits per heavy atom. The zero-order valence-corrected chi connectivity index (χ0v) is 9.94. The monoisotopic (exact) mass is 276 g/mol. The molecule has 1 amide bonds. The largest absolute Gasteiger partial charge is 0.322 e. The Morgan fingerprint density at radius 2 is 1.94 bits per heavy atom. The standard InChI is InChI=1S/C12H9BrN2O/c13-10-3-5-11(6-4-10)15-12(16)9-2-1-7-14-8-9/h1-8H,(H,15,16). The van der Waals surface area contributed by atoms with Gasteiger partial charge in [-0.3, -0.25) is 9.78 Å². The predicted molar refractivity (Wildman–Crippen MR) is 66.3 cm³/mol. The number of anilines is 1. The normalized spacial score (nSPS) is 9.81. The summed E-state index contributed by atoms with van der Waals surface area (Å²) in [5.41, 5.74) is 1.31. The Labute approximate surface area is 102 Å². The average molecular weight is 277 g/mol. The molecule has 0 spiro atoms. The summed E-state index contributed by atoms with van der Waals surface area (Å²) in [6, 6.07) is 10.9. The number of carbonyl (C=O) groups excluding carboxylic acids is 1. The van der Waals surface area contributed by atoms with Crippen LogP contribution in [-0.2, 0) is 0 Å². The number of hydrogen-bond acceptors (Lipinski definition) is 2. The van der Waals surface area contributed by atoms with Crippen molar-refractivity contribution in [3.8, 4) is 0 Å². The van der Waals surface area contributed by atoms with Crippen molar-refractivity contribution in [2.75, 3.05) is 5.32 Å². The second-order valence-electron chi connectivity index (χ2n) is 3.20. The van der Waals surface area contributed by atoms with E-state index >= 15 is 0 Å². The van der Waals surface area contributed by atoms with Crippen molar-refractivity contribution in [2.45, 2.75) is 0 Å². The number of nitrogens with zero attached hydrogens (tertiary/aromatic N) is 1. The molecule has 1 N–H and O–H groups in total. The number of halogens is 1. The molecule has 0 aliphatic heterocycles. The number of benzene rings is 1. The summed E-state index contributed by atoms with van der Waals surface area (Å²) in [7, 11) is 0. The SMILES string of the molecule is O=C(Nc1ccc(Br)cc1)c1cccnc1. The first-order chi connectivity index (χ1) is 7.75.